The molecule has 3 heteroatoms. The standard InChI is InChI=1S/C11H11N3/c12-5-6-14-10(8-13)7-9-3-1-2-4-11(9)14/h1-4,7H,6,8,13H2. The van der Waals surface area contributed by atoms with E-state index in [1.807, 2.05) is 34.9 Å². The molecule has 0 aliphatic carbocycles. The number of nitriles is 1. The Morgan fingerprint density at radius 3 is 2.86 bits per heavy atom. The van der Waals surface area contributed by atoms with E-state index in [0.717, 1.165) is 16.6 Å². The Kier molecular flexibility index (Phi) is 2.21. The molecule has 0 saturated heterocycles. The van der Waals surface area contributed by atoms with Crippen LogP contribution < -0.4 is 5.73 Å². The fourth-order valence-electron chi connectivity index (χ4n) is 1.69. The number of nitrogens with two attached hydrogens (primary N) is 1. The van der Waals surface area contributed by atoms with Crippen LogP contribution in [0.25, 0.3) is 10.9 Å². The molecule has 0 radical (unpaired) electrons. The molecule has 0 aliphatic heterocycles. The van der Waals surface area contributed by atoms with Crippen LogP contribution in [0.1, 0.15) is 5.69 Å². The molecule has 0 aliphatic rings. The van der Waals surface area contributed by atoms with Crippen molar-refractivity contribution in [1.29, 1.82) is 5.26 Å². The van der Waals surface area contributed by atoms with Gasteiger partial charge in [0.2, 0.25) is 0 Å². The average molecular weight is 185 g/mol. The van der Waals surface area contributed by atoms with Gasteiger partial charge in [0.1, 0.15) is 6.54 Å². The molecule has 3 nitrogen and oxygen atoms in total. The molecule has 0 unspecified atom stereocenters. The molecule has 14 heavy (non-hydrogen) atoms. The topological polar surface area (TPSA) is 54.7 Å². The van der Waals surface area contributed by atoms with Crippen LogP contribution in [0.5, 0.6) is 0 Å². The van der Waals surface area contributed by atoms with Crippen molar-refractivity contribution >= 4 is 10.9 Å². The highest BCUT2D eigenvalue weighted by atomic mass is 15.0. The van der Waals surface area contributed by atoms with Crippen molar-refractivity contribution in [1.82, 2.24) is 4.57 Å². The van der Waals surface area contributed by atoms with E-state index in [1.54, 1.807) is 0 Å². The molecule has 0 amide bonds. The number of aromatic nitrogens is 1. The second-order valence-electron chi connectivity index (χ2n) is 3.14. The molecule has 0 bridgehead atoms. The van der Waals surface area contributed by atoms with E-state index in [2.05, 4.69) is 6.07 Å². The molecular weight excluding hydrogens is 174 g/mol. The zero-order valence-electron chi connectivity index (χ0n) is 7.77. The number of nitrogens with zero attached hydrogens (tertiary/aromatic N) is 2. The first-order chi connectivity index (χ1) is 6.86. The summed E-state index contributed by atoms with van der Waals surface area (Å²) in [5.41, 5.74) is 7.70. The highest BCUT2D eigenvalue weighted by Gasteiger charge is 2.05. The smallest absolute Gasteiger partial charge is 0.110 e. The van der Waals surface area contributed by atoms with Gasteiger partial charge in [-0.15, -0.1) is 0 Å². The van der Waals surface area contributed by atoms with Crippen LogP contribution in [0.3, 0.4) is 0 Å². The summed E-state index contributed by atoms with van der Waals surface area (Å²) in [7, 11) is 0. The van der Waals surface area contributed by atoms with Gasteiger partial charge < -0.3 is 10.3 Å². The molecule has 2 rings (SSSR count). The maximum atomic E-state index is 8.71. The van der Waals surface area contributed by atoms with Gasteiger partial charge in [-0.3, -0.25) is 0 Å². The molecule has 1 heterocycles. The normalized spacial score (nSPS) is 10.3. The van der Waals surface area contributed by atoms with E-state index < -0.39 is 0 Å². The highest BCUT2D eigenvalue weighted by Crippen LogP contribution is 2.18. The minimum atomic E-state index is 0.361. The quantitative estimate of drug-likeness (QED) is 0.773. The molecule has 1 aromatic heterocycles. The van der Waals surface area contributed by atoms with Crippen LogP contribution in [0, 0.1) is 11.3 Å². The lowest BCUT2D eigenvalue weighted by atomic mass is 10.2. The van der Waals surface area contributed by atoms with E-state index in [-0.39, 0.29) is 0 Å². The molecule has 1 aromatic carbocycles. The second-order valence-corrected chi connectivity index (χ2v) is 3.14. The van der Waals surface area contributed by atoms with Gasteiger partial charge in [0, 0.05) is 17.8 Å². The zero-order chi connectivity index (χ0) is 9.97. The number of hydrogen-bond donors (Lipinski definition) is 1. The number of para-hydroxylation sites is 1. The summed E-state index contributed by atoms with van der Waals surface area (Å²) < 4.78 is 1.95. The summed E-state index contributed by atoms with van der Waals surface area (Å²) >= 11 is 0. The fraction of sp³-hybridized carbons (Fsp3) is 0.182. The molecule has 2 aromatic rings. The van der Waals surface area contributed by atoms with Crippen molar-refractivity contribution < 1.29 is 0 Å². The van der Waals surface area contributed by atoms with Gasteiger partial charge in [-0.05, 0) is 17.5 Å². The van der Waals surface area contributed by atoms with E-state index >= 15 is 0 Å². The highest BCUT2D eigenvalue weighted by molar-refractivity contribution is 5.81. The maximum absolute atomic E-state index is 8.71. The van der Waals surface area contributed by atoms with Gasteiger partial charge in [0.25, 0.3) is 0 Å². The number of fused-ring (bicyclic) bond motifs is 1. The Balaban J connectivity index is 2.69. The first kappa shape index (κ1) is 8.79. The lowest BCUT2D eigenvalue weighted by Crippen LogP contribution is -2.06. The van der Waals surface area contributed by atoms with Crippen molar-refractivity contribution in [3.8, 4) is 6.07 Å². The third kappa shape index (κ3) is 1.26. The third-order valence-corrected chi connectivity index (χ3v) is 2.33. The van der Waals surface area contributed by atoms with Gasteiger partial charge in [0.05, 0.1) is 6.07 Å². The fourth-order valence-corrected chi connectivity index (χ4v) is 1.69. The minimum Gasteiger partial charge on any atom is -0.329 e. The van der Waals surface area contributed by atoms with Crippen LogP contribution >= 0.6 is 0 Å². The van der Waals surface area contributed by atoms with E-state index in [0.29, 0.717) is 13.1 Å². The molecule has 0 spiro atoms. The van der Waals surface area contributed by atoms with Crippen molar-refractivity contribution in [3.05, 3.63) is 36.0 Å². The van der Waals surface area contributed by atoms with Crippen molar-refractivity contribution in [3.63, 3.8) is 0 Å². The van der Waals surface area contributed by atoms with Crippen molar-refractivity contribution in [2.75, 3.05) is 0 Å². The van der Waals surface area contributed by atoms with Crippen LogP contribution in [0.4, 0.5) is 0 Å². The van der Waals surface area contributed by atoms with Crippen LogP contribution in [-0.2, 0) is 13.1 Å². The van der Waals surface area contributed by atoms with Crippen LogP contribution in [-0.4, -0.2) is 4.57 Å². The number of benzene rings is 1. The molecule has 70 valence electrons. The average Bonchev–Trinajstić information content (AvgIpc) is 2.58. The molecule has 0 saturated carbocycles. The Bertz CT molecular complexity index is 491. The molecule has 0 fully saturated rings. The van der Waals surface area contributed by atoms with Gasteiger partial charge in [0.15, 0.2) is 0 Å². The van der Waals surface area contributed by atoms with Gasteiger partial charge in [-0.25, -0.2) is 0 Å². The van der Waals surface area contributed by atoms with Crippen LogP contribution in [0.15, 0.2) is 30.3 Å². The zero-order valence-corrected chi connectivity index (χ0v) is 7.77. The molecular formula is C11H11N3. The van der Waals surface area contributed by atoms with Crippen molar-refractivity contribution in [2.24, 2.45) is 5.73 Å². The Morgan fingerprint density at radius 1 is 1.36 bits per heavy atom. The molecule has 0 atom stereocenters. The summed E-state index contributed by atoms with van der Waals surface area (Å²) in [6.07, 6.45) is 0. The van der Waals surface area contributed by atoms with Gasteiger partial charge >= 0.3 is 0 Å². The first-order valence-electron chi connectivity index (χ1n) is 4.51. The molecule has 2 N–H and O–H groups in total. The first-order valence-corrected chi connectivity index (χ1v) is 4.51. The summed E-state index contributed by atoms with van der Waals surface area (Å²) in [6, 6.07) is 12.2. The van der Waals surface area contributed by atoms with Gasteiger partial charge in [-0.1, -0.05) is 18.2 Å². The summed E-state index contributed by atoms with van der Waals surface area (Å²) in [6.45, 7) is 0.830. The maximum Gasteiger partial charge on any atom is 0.110 e. The third-order valence-electron chi connectivity index (χ3n) is 2.33. The Morgan fingerprint density at radius 2 is 2.14 bits per heavy atom. The monoisotopic (exact) mass is 185 g/mol. The van der Waals surface area contributed by atoms with Crippen LogP contribution in [0.2, 0.25) is 0 Å². The lowest BCUT2D eigenvalue weighted by Gasteiger charge is -2.03. The Labute approximate surface area is 82.4 Å². The van der Waals surface area contributed by atoms with E-state index in [4.69, 9.17) is 11.0 Å². The second kappa shape index (κ2) is 3.52. The van der Waals surface area contributed by atoms with E-state index in [1.165, 1.54) is 0 Å². The lowest BCUT2D eigenvalue weighted by molar-refractivity contribution is 0.793. The SMILES string of the molecule is N#CCn1c(CN)cc2ccccc21. The van der Waals surface area contributed by atoms with E-state index in [9.17, 15) is 0 Å². The summed E-state index contributed by atoms with van der Waals surface area (Å²) in [5.74, 6) is 0. The predicted molar refractivity (Wildman–Crippen MR) is 55.4 cm³/mol. The predicted octanol–water partition coefficient (Wildman–Crippen LogP) is 1.62. The largest absolute Gasteiger partial charge is 0.329 e. The number of hydrogen-bond acceptors (Lipinski definition) is 2. The van der Waals surface area contributed by atoms with Gasteiger partial charge in [-0.2, -0.15) is 5.26 Å². The summed E-state index contributed by atoms with van der Waals surface area (Å²) in [4.78, 5) is 0. The minimum absolute atomic E-state index is 0.361. The number of rotatable bonds is 2. The Hall–Kier alpha value is -1.79. The van der Waals surface area contributed by atoms with Crippen molar-refractivity contribution in [2.45, 2.75) is 13.1 Å². The summed E-state index contributed by atoms with van der Waals surface area (Å²) in [5, 5.41) is 9.85.